The standard InChI is InChI=1S/C21H23NO3S/c23-14-17-2-1-9-22(17)10-11-25-19-7-4-15(5-8-19)20-12-16-3-6-18(24)13-21(16)26-20/h3-8,12-13,17,23-24H,1-2,9-11,14H2. The molecule has 2 N–H and O–H groups in total. The van der Waals surface area contributed by atoms with Crippen molar-refractivity contribution >= 4 is 21.4 Å². The van der Waals surface area contributed by atoms with E-state index in [-0.39, 0.29) is 6.61 Å². The number of phenolic OH excluding ortho intramolecular Hbond substituents is 1. The number of rotatable bonds is 6. The zero-order valence-electron chi connectivity index (χ0n) is 14.6. The van der Waals surface area contributed by atoms with Crippen molar-refractivity contribution < 1.29 is 14.9 Å². The van der Waals surface area contributed by atoms with Gasteiger partial charge in [0.2, 0.25) is 0 Å². The van der Waals surface area contributed by atoms with Crippen LogP contribution in [0.15, 0.2) is 48.5 Å². The largest absolute Gasteiger partial charge is 0.508 e. The lowest BCUT2D eigenvalue weighted by Crippen LogP contribution is -2.35. The van der Waals surface area contributed by atoms with Crippen LogP contribution in [0.5, 0.6) is 11.5 Å². The van der Waals surface area contributed by atoms with Gasteiger partial charge in [-0.25, -0.2) is 0 Å². The third-order valence-electron chi connectivity index (χ3n) is 5.00. The van der Waals surface area contributed by atoms with Crippen molar-refractivity contribution in [2.75, 3.05) is 26.3 Å². The number of hydrogen-bond acceptors (Lipinski definition) is 5. The average Bonchev–Trinajstić information content (AvgIpc) is 3.28. The highest BCUT2D eigenvalue weighted by Crippen LogP contribution is 2.35. The molecule has 26 heavy (non-hydrogen) atoms. The zero-order chi connectivity index (χ0) is 17.9. The fraction of sp³-hybridized carbons (Fsp3) is 0.333. The smallest absolute Gasteiger partial charge is 0.119 e. The molecule has 1 atom stereocenters. The summed E-state index contributed by atoms with van der Waals surface area (Å²) in [6.45, 7) is 2.78. The molecule has 1 saturated heterocycles. The molecule has 0 radical (unpaired) electrons. The van der Waals surface area contributed by atoms with Crippen molar-refractivity contribution in [1.82, 2.24) is 4.90 Å². The molecule has 4 rings (SSSR count). The third-order valence-corrected chi connectivity index (χ3v) is 6.15. The van der Waals surface area contributed by atoms with Gasteiger partial charge >= 0.3 is 0 Å². The first-order valence-electron chi connectivity index (χ1n) is 9.03. The fourth-order valence-corrected chi connectivity index (χ4v) is 4.66. The molecule has 0 amide bonds. The Hall–Kier alpha value is -2.08. The van der Waals surface area contributed by atoms with Crippen LogP contribution in [-0.2, 0) is 0 Å². The highest BCUT2D eigenvalue weighted by molar-refractivity contribution is 7.22. The van der Waals surface area contributed by atoms with Crippen molar-refractivity contribution in [2.24, 2.45) is 0 Å². The Morgan fingerprint density at radius 2 is 1.96 bits per heavy atom. The summed E-state index contributed by atoms with van der Waals surface area (Å²) in [5, 5.41) is 20.1. The van der Waals surface area contributed by atoms with E-state index in [0.717, 1.165) is 47.3 Å². The van der Waals surface area contributed by atoms with Crippen LogP contribution in [0.3, 0.4) is 0 Å². The number of thiophene rings is 1. The average molecular weight is 369 g/mol. The monoisotopic (exact) mass is 369 g/mol. The molecule has 0 saturated carbocycles. The van der Waals surface area contributed by atoms with E-state index in [4.69, 9.17) is 4.74 Å². The second-order valence-electron chi connectivity index (χ2n) is 6.72. The Morgan fingerprint density at radius 3 is 2.77 bits per heavy atom. The number of fused-ring (bicyclic) bond motifs is 1. The molecule has 2 heterocycles. The highest BCUT2D eigenvalue weighted by atomic mass is 32.1. The van der Waals surface area contributed by atoms with Gasteiger partial charge in [-0.2, -0.15) is 0 Å². The number of aliphatic hydroxyl groups excluding tert-OH is 1. The Labute approximate surface area is 157 Å². The Balaban J connectivity index is 1.38. The van der Waals surface area contributed by atoms with Gasteiger partial charge in [0.25, 0.3) is 0 Å². The topological polar surface area (TPSA) is 52.9 Å². The van der Waals surface area contributed by atoms with E-state index in [1.54, 1.807) is 23.5 Å². The Morgan fingerprint density at radius 1 is 1.12 bits per heavy atom. The van der Waals surface area contributed by atoms with Crippen molar-refractivity contribution in [3.05, 3.63) is 48.5 Å². The minimum Gasteiger partial charge on any atom is -0.508 e. The maximum atomic E-state index is 9.61. The molecule has 1 fully saturated rings. The van der Waals surface area contributed by atoms with Crippen LogP contribution in [0.4, 0.5) is 0 Å². The molecule has 0 aliphatic carbocycles. The second-order valence-corrected chi connectivity index (χ2v) is 7.80. The Kier molecular flexibility index (Phi) is 5.11. The van der Waals surface area contributed by atoms with Crippen molar-refractivity contribution in [2.45, 2.75) is 18.9 Å². The molecule has 136 valence electrons. The number of aliphatic hydroxyl groups is 1. The SMILES string of the molecule is OCC1CCCN1CCOc1ccc(-c2cc3ccc(O)cc3s2)cc1. The van der Waals surface area contributed by atoms with Gasteiger partial charge in [-0.05, 0) is 78.9 Å². The lowest BCUT2D eigenvalue weighted by atomic mass is 10.1. The van der Waals surface area contributed by atoms with Gasteiger partial charge in [0, 0.05) is 22.2 Å². The number of aromatic hydroxyl groups is 1. The van der Waals surface area contributed by atoms with E-state index in [9.17, 15) is 10.2 Å². The maximum Gasteiger partial charge on any atom is 0.119 e. The first-order chi connectivity index (χ1) is 12.7. The summed E-state index contributed by atoms with van der Waals surface area (Å²) < 4.78 is 6.96. The van der Waals surface area contributed by atoms with Crippen LogP contribution >= 0.6 is 11.3 Å². The van der Waals surface area contributed by atoms with Gasteiger partial charge in [0.1, 0.15) is 18.1 Å². The van der Waals surface area contributed by atoms with E-state index in [0.29, 0.717) is 18.4 Å². The number of phenols is 1. The van der Waals surface area contributed by atoms with Crippen LogP contribution in [0.25, 0.3) is 20.5 Å². The molecule has 0 bridgehead atoms. The predicted molar refractivity (Wildman–Crippen MR) is 106 cm³/mol. The van der Waals surface area contributed by atoms with Crippen molar-refractivity contribution in [3.63, 3.8) is 0 Å². The number of likely N-dealkylation sites (tertiary alicyclic amines) is 1. The lowest BCUT2D eigenvalue weighted by molar-refractivity contribution is 0.139. The van der Waals surface area contributed by atoms with Gasteiger partial charge in [0.15, 0.2) is 0 Å². The first-order valence-corrected chi connectivity index (χ1v) is 9.85. The maximum absolute atomic E-state index is 9.61. The summed E-state index contributed by atoms with van der Waals surface area (Å²) in [5.74, 6) is 1.17. The summed E-state index contributed by atoms with van der Waals surface area (Å²) in [5.41, 5.74) is 1.15. The summed E-state index contributed by atoms with van der Waals surface area (Å²) in [6, 6.07) is 16.1. The molecule has 1 aliphatic heterocycles. The molecule has 1 unspecified atom stereocenters. The summed E-state index contributed by atoms with van der Waals surface area (Å²) in [6.07, 6.45) is 2.24. The van der Waals surface area contributed by atoms with Crippen LogP contribution < -0.4 is 4.74 Å². The van der Waals surface area contributed by atoms with Crippen molar-refractivity contribution in [1.29, 1.82) is 0 Å². The number of ether oxygens (including phenoxy) is 1. The molecule has 1 aliphatic rings. The van der Waals surface area contributed by atoms with Crippen LogP contribution in [0.2, 0.25) is 0 Å². The highest BCUT2D eigenvalue weighted by Gasteiger charge is 2.23. The van der Waals surface area contributed by atoms with Gasteiger partial charge in [-0.3, -0.25) is 4.90 Å². The summed E-state index contributed by atoms with van der Waals surface area (Å²) >= 11 is 1.68. The Bertz CT molecular complexity index is 875. The molecule has 3 aromatic rings. The molecular weight excluding hydrogens is 346 g/mol. The normalized spacial score (nSPS) is 17.8. The quantitative estimate of drug-likeness (QED) is 0.687. The minimum atomic E-state index is 0.238. The number of hydrogen-bond donors (Lipinski definition) is 2. The third kappa shape index (κ3) is 3.70. The zero-order valence-corrected chi connectivity index (χ0v) is 15.4. The van der Waals surface area contributed by atoms with Gasteiger partial charge in [0.05, 0.1) is 6.61 Å². The molecule has 2 aromatic carbocycles. The van der Waals surface area contributed by atoms with Gasteiger partial charge < -0.3 is 14.9 Å². The van der Waals surface area contributed by atoms with Gasteiger partial charge in [-0.15, -0.1) is 11.3 Å². The molecule has 5 heteroatoms. The van der Waals surface area contributed by atoms with Crippen LogP contribution in [0.1, 0.15) is 12.8 Å². The molecule has 4 nitrogen and oxygen atoms in total. The van der Waals surface area contributed by atoms with Crippen LogP contribution in [-0.4, -0.2) is 47.5 Å². The van der Waals surface area contributed by atoms with Crippen molar-refractivity contribution in [3.8, 4) is 21.9 Å². The predicted octanol–water partition coefficient (Wildman–Crippen LogP) is 4.11. The molecule has 1 aromatic heterocycles. The summed E-state index contributed by atoms with van der Waals surface area (Å²) in [7, 11) is 0. The summed E-state index contributed by atoms with van der Waals surface area (Å²) in [4.78, 5) is 3.49. The number of nitrogens with zero attached hydrogens (tertiary/aromatic N) is 1. The second kappa shape index (κ2) is 7.66. The van der Waals surface area contributed by atoms with Gasteiger partial charge in [-0.1, -0.05) is 0 Å². The molecular formula is C21H23NO3S. The van der Waals surface area contributed by atoms with E-state index in [2.05, 4.69) is 23.1 Å². The molecule has 0 spiro atoms. The van der Waals surface area contributed by atoms with E-state index in [1.807, 2.05) is 18.2 Å². The van der Waals surface area contributed by atoms with E-state index < -0.39 is 0 Å². The first kappa shape index (κ1) is 17.3. The lowest BCUT2D eigenvalue weighted by Gasteiger charge is -2.22. The van der Waals surface area contributed by atoms with E-state index >= 15 is 0 Å². The fourth-order valence-electron chi connectivity index (χ4n) is 3.55. The van der Waals surface area contributed by atoms with Crippen LogP contribution in [0, 0.1) is 0 Å². The van der Waals surface area contributed by atoms with E-state index in [1.165, 1.54) is 4.88 Å². The minimum absolute atomic E-state index is 0.238. The number of benzene rings is 2.